The highest BCUT2D eigenvalue weighted by atomic mass is 19.1. The number of urea groups is 1. The Morgan fingerprint density at radius 2 is 2.00 bits per heavy atom. The van der Waals surface area contributed by atoms with Crippen molar-refractivity contribution >= 4 is 34.2 Å². The van der Waals surface area contributed by atoms with E-state index >= 15 is 0 Å². The zero-order valence-electron chi connectivity index (χ0n) is 15.3. The fourth-order valence-corrected chi connectivity index (χ4v) is 4.44. The van der Waals surface area contributed by atoms with Gasteiger partial charge in [0.1, 0.15) is 5.82 Å². The predicted molar refractivity (Wildman–Crippen MR) is 103 cm³/mol. The maximum Gasteiger partial charge on any atom is 0.332 e. The summed E-state index contributed by atoms with van der Waals surface area (Å²) in [6.45, 7) is 1.96. The summed E-state index contributed by atoms with van der Waals surface area (Å²) < 4.78 is 13.6. The minimum atomic E-state index is -1.31. The zero-order valence-corrected chi connectivity index (χ0v) is 15.3. The number of aromatic nitrogens is 1. The first-order valence-electron chi connectivity index (χ1n) is 9.06. The number of hydrogen-bond acceptors (Lipinski definition) is 5. The first-order chi connectivity index (χ1) is 13.8. The molecule has 0 bridgehead atoms. The van der Waals surface area contributed by atoms with Crippen LogP contribution < -0.4 is 10.1 Å². The second kappa shape index (κ2) is 5.79. The van der Waals surface area contributed by atoms with Crippen LogP contribution in [0.25, 0.3) is 10.9 Å². The number of carbonyl (C=O) groups is 2. The number of carbonyl (C=O) groups excluding carboxylic acids is 2. The number of benzene rings is 2. The highest BCUT2D eigenvalue weighted by Crippen LogP contribution is 2.46. The average Bonchev–Trinajstić information content (AvgIpc) is 3.17. The zero-order chi connectivity index (χ0) is 20.5. The van der Waals surface area contributed by atoms with Gasteiger partial charge in [0.15, 0.2) is 5.54 Å². The number of imide groups is 1. The number of anilines is 2. The monoisotopic (exact) mass is 395 g/mol. The van der Waals surface area contributed by atoms with Crippen molar-refractivity contribution in [3.8, 4) is 0 Å². The molecule has 1 aromatic heterocycles. The number of fused-ring (bicyclic) bond motifs is 5. The van der Waals surface area contributed by atoms with E-state index in [-0.39, 0.29) is 5.69 Å². The second-order valence-corrected chi connectivity index (χ2v) is 7.33. The number of aromatic amines is 1. The SMILES string of the molecule is C[C@]12C(=O)N(c3ccc(F)cc3N([O-])O)C(=O)N1CCc1c2[nH]c2ccccc12. The lowest BCUT2D eigenvalue weighted by Gasteiger charge is -2.35. The van der Waals surface area contributed by atoms with Gasteiger partial charge in [-0.15, -0.1) is 0 Å². The molecule has 0 saturated carbocycles. The maximum absolute atomic E-state index is 13.6. The van der Waals surface area contributed by atoms with Gasteiger partial charge in [-0.05, 0) is 37.1 Å². The van der Waals surface area contributed by atoms with Gasteiger partial charge in [0.2, 0.25) is 0 Å². The van der Waals surface area contributed by atoms with Crippen molar-refractivity contribution in [3.05, 3.63) is 64.7 Å². The molecule has 3 heterocycles. The van der Waals surface area contributed by atoms with E-state index < -0.39 is 34.2 Å². The molecule has 1 fully saturated rings. The van der Waals surface area contributed by atoms with Gasteiger partial charge in [0, 0.05) is 23.5 Å². The summed E-state index contributed by atoms with van der Waals surface area (Å²) in [6, 6.07) is 9.96. The third kappa shape index (κ3) is 2.19. The summed E-state index contributed by atoms with van der Waals surface area (Å²) in [4.78, 5) is 32.2. The number of halogens is 1. The number of H-pyrrole nitrogens is 1. The summed E-state index contributed by atoms with van der Waals surface area (Å²) in [7, 11) is 0. The summed E-state index contributed by atoms with van der Waals surface area (Å²) in [5.41, 5.74) is 0.451. The quantitative estimate of drug-likeness (QED) is 0.512. The van der Waals surface area contributed by atoms with Crippen molar-refractivity contribution in [2.24, 2.45) is 0 Å². The lowest BCUT2D eigenvalue weighted by atomic mass is 9.87. The van der Waals surface area contributed by atoms with Gasteiger partial charge < -0.3 is 20.3 Å². The molecule has 3 amide bonds. The molecule has 0 spiro atoms. The largest absolute Gasteiger partial charge is 0.733 e. The van der Waals surface area contributed by atoms with Crippen LogP contribution in [0.2, 0.25) is 0 Å². The van der Waals surface area contributed by atoms with Crippen LogP contribution in [0.4, 0.5) is 20.6 Å². The van der Waals surface area contributed by atoms with Gasteiger partial charge >= 0.3 is 6.03 Å². The van der Waals surface area contributed by atoms with Crippen molar-refractivity contribution in [2.75, 3.05) is 16.7 Å². The lowest BCUT2D eigenvalue weighted by Crippen LogP contribution is -2.49. The Bertz CT molecular complexity index is 1190. The lowest BCUT2D eigenvalue weighted by molar-refractivity contribution is -0.125. The standard InChI is InChI=1S/C20H16FN4O4/c1-20-17-13(12-4-2-3-5-14(12)22-17)8-9-23(20)19(27)24(18(20)26)15-7-6-11(21)10-16(15)25(28)29/h2-7,10,22,28H,8-9H2,1H3/q-1/t20-/m0/s1. The molecule has 1 saturated heterocycles. The van der Waals surface area contributed by atoms with Crippen molar-refractivity contribution in [3.63, 3.8) is 0 Å². The molecule has 3 aromatic rings. The summed E-state index contributed by atoms with van der Waals surface area (Å²) in [5, 5.41) is 21.4. The molecule has 2 N–H and O–H groups in total. The molecule has 148 valence electrons. The molecular formula is C20H16FN4O4-. The van der Waals surface area contributed by atoms with Crippen LogP contribution in [0.15, 0.2) is 42.5 Å². The first kappa shape index (κ1) is 17.7. The molecule has 2 aliphatic heterocycles. The van der Waals surface area contributed by atoms with E-state index in [1.165, 1.54) is 4.90 Å². The minimum Gasteiger partial charge on any atom is -0.733 e. The van der Waals surface area contributed by atoms with E-state index in [0.717, 1.165) is 39.6 Å². The molecule has 0 aliphatic carbocycles. The highest BCUT2D eigenvalue weighted by molar-refractivity contribution is 6.24. The Morgan fingerprint density at radius 1 is 1.24 bits per heavy atom. The first-order valence-corrected chi connectivity index (χ1v) is 9.06. The average molecular weight is 395 g/mol. The van der Waals surface area contributed by atoms with Gasteiger partial charge in [0.05, 0.1) is 17.1 Å². The fourth-order valence-electron chi connectivity index (χ4n) is 4.44. The Hall–Kier alpha value is -3.43. The Kier molecular flexibility index (Phi) is 3.52. The molecule has 29 heavy (non-hydrogen) atoms. The van der Waals surface area contributed by atoms with E-state index in [9.17, 15) is 24.4 Å². The Labute approximate surface area is 164 Å². The molecular weight excluding hydrogens is 379 g/mol. The van der Waals surface area contributed by atoms with Crippen LogP contribution in [0.5, 0.6) is 0 Å². The molecule has 1 atom stereocenters. The predicted octanol–water partition coefficient (Wildman–Crippen LogP) is 3.24. The van der Waals surface area contributed by atoms with Crippen molar-refractivity contribution in [1.29, 1.82) is 0 Å². The summed E-state index contributed by atoms with van der Waals surface area (Å²) >= 11 is 0. The fraction of sp³-hybridized carbons (Fsp3) is 0.200. The topological polar surface area (TPSA) is 103 Å². The molecule has 0 radical (unpaired) electrons. The van der Waals surface area contributed by atoms with Crippen LogP contribution in [0.3, 0.4) is 0 Å². The molecule has 9 heteroatoms. The van der Waals surface area contributed by atoms with Crippen molar-refractivity contribution < 1.29 is 19.2 Å². The third-order valence-electron chi connectivity index (χ3n) is 5.85. The van der Waals surface area contributed by atoms with E-state index in [1.54, 1.807) is 6.92 Å². The normalized spacial score (nSPS) is 21.0. The molecule has 8 nitrogen and oxygen atoms in total. The van der Waals surface area contributed by atoms with Crippen LogP contribution in [-0.2, 0) is 16.8 Å². The minimum absolute atomic E-state index is 0.174. The Balaban J connectivity index is 1.70. The van der Waals surface area contributed by atoms with E-state index in [0.29, 0.717) is 18.7 Å². The molecule has 5 rings (SSSR count). The van der Waals surface area contributed by atoms with Crippen LogP contribution in [0.1, 0.15) is 18.2 Å². The molecule has 2 aliphatic rings. The number of hydrogen-bond donors (Lipinski definition) is 2. The number of nitrogens with one attached hydrogen (secondary N) is 1. The van der Waals surface area contributed by atoms with Gasteiger partial charge in [-0.25, -0.2) is 14.1 Å². The van der Waals surface area contributed by atoms with Crippen molar-refractivity contribution in [1.82, 2.24) is 9.88 Å². The third-order valence-corrected chi connectivity index (χ3v) is 5.85. The van der Waals surface area contributed by atoms with Gasteiger partial charge in [-0.3, -0.25) is 10.0 Å². The van der Waals surface area contributed by atoms with E-state index in [2.05, 4.69) is 4.98 Å². The number of nitrogens with zero attached hydrogens (tertiary/aromatic N) is 3. The number of amides is 3. The Morgan fingerprint density at radius 3 is 2.76 bits per heavy atom. The summed E-state index contributed by atoms with van der Waals surface area (Å²) in [6.07, 6.45) is 0.561. The number of para-hydroxylation sites is 1. The van der Waals surface area contributed by atoms with Gasteiger partial charge in [0.25, 0.3) is 5.91 Å². The smallest absolute Gasteiger partial charge is 0.332 e. The van der Waals surface area contributed by atoms with Crippen LogP contribution in [0, 0.1) is 11.0 Å². The van der Waals surface area contributed by atoms with E-state index in [1.807, 2.05) is 24.3 Å². The van der Waals surface area contributed by atoms with Gasteiger partial charge in [-0.2, -0.15) is 0 Å². The van der Waals surface area contributed by atoms with Crippen LogP contribution in [-0.4, -0.2) is 33.6 Å². The van der Waals surface area contributed by atoms with Gasteiger partial charge in [-0.1, -0.05) is 18.2 Å². The second-order valence-electron chi connectivity index (χ2n) is 7.33. The number of rotatable bonds is 2. The van der Waals surface area contributed by atoms with E-state index in [4.69, 9.17) is 0 Å². The molecule has 2 aromatic carbocycles. The highest BCUT2D eigenvalue weighted by Gasteiger charge is 2.59. The van der Waals surface area contributed by atoms with Crippen molar-refractivity contribution in [2.45, 2.75) is 18.9 Å². The molecule has 0 unspecified atom stereocenters. The summed E-state index contributed by atoms with van der Waals surface area (Å²) in [5.74, 6) is -1.36. The van der Waals surface area contributed by atoms with Crippen LogP contribution >= 0.6 is 0 Å². The maximum atomic E-state index is 13.6.